The van der Waals surface area contributed by atoms with Gasteiger partial charge in [0.2, 0.25) is 5.91 Å². The van der Waals surface area contributed by atoms with Crippen LogP contribution < -0.4 is 9.46 Å². The lowest BCUT2D eigenvalue weighted by Gasteiger charge is -2.21. The molecule has 2 aromatic heterocycles. The van der Waals surface area contributed by atoms with Crippen LogP contribution in [0.25, 0.3) is 10.9 Å². The van der Waals surface area contributed by atoms with Crippen molar-refractivity contribution < 1.29 is 17.9 Å². The fraction of sp³-hybridized carbons (Fsp3) is 0.348. The predicted molar refractivity (Wildman–Crippen MR) is 117 cm³/mol. The Balaban J connectivity index is 1.70. The third-order valence-electron chi connectivity index (χ3n) is 5.40. The van der Waals surface area contributed by atoms with Gasteiger partial charge in [0.15, 0.2) is 0 Å². The topological polar surface area (TPSA) is 98.2 Å². The van der Waals surface area contributed by atoms with Crippen molar-refractivity contribution in [3.05, 3.63) is 60.0 Å². The van der Waals surface area contributed by atoms with Crippen molar-refractivity contribution in [2.45, 2.75) is 56.4 Å². The zero-order valence-corrected chi connectivity index (χ0v) is 18.6. The highest BCUT2D eigenvalue weighted by Gasteiger charge is 2.55. The average Bonchev–Trinajstić information content (AvgIpc) is 3.55. The van der Waals surface area contributed by atoms with Crippen LogP contribution in [0.2, 0.25) is 0 Å². The van der Waals surface area contributed by atoms with Gasteiger partial charge < -0.3 is 4.74 Å². The number of ether oxygens (including phenoxy) is 1. The van der Waals surface area contributed by atoms with E-state index in [9.17, 15) is 13.2 Å². The summed E-state index contributed by atoms with van der Waals surface area (Å²) in [7, 11) is -4.10. The van der Waals surface area contributed by atoms with Gasteiger partial charge in [-0.25, -0.2) is 13.1 Å². The molecule has 4 rings (SSSR count). The number of hydrogen-bond acceptors (Lipinski definition) is 6. The van der Waals surface area contributed by atoms with Gasteiger partial charge in [-0.15, -0.1) is 0 Å². The van der Waals surface area contributed by atoms with Gasteiger partial charge in [-0.1, -0.05) is 13.0 Å². The molecule has 162 valence electrons. The molecule has 1 aromatic carbocycles. The normalized spacial score (nSPS) is 15.1. The largest absolute Gasteiger partial charge is 0.489 e. The number of sulfonamides is 1. The van der Waals surface area contributed by atoms with Crippen LogP contribution in [0.15, 0.2) is 53.6 Å². The first kappa shape index (κ1) is 21.2. The number of nitrogens with zero attached hydrogens (tertiary/aromatic N) is 2. The quantitative estimate of drug-likeness (QED) is 0.605. The number of aromatic nitrogens is 2. The molecule has 1 aliphatic carbocycles. The van der Waals surface area contributed by atoms with Crippen LogP contribution in [0.3, 0.4) is 0 Å². The number of carbonyl (C=O) groups excluding carboxylic acids is 1. The molecule has 2 heterocycles. The summed E-state index contributed by atoms with van der Waals surface area (Å²) in [6, 6.07) is 11.9. The molecular weight excluding hydrogens is 414 g/mol. The summed E-state index contributed by atoms with van der Waals surface area (Å²) in [5.41, 5.74) is 0.871. The molecule has 0 radical (unpaired) electrons. The van der Waals surface area contributed by atoms with Gasteiger partial charge in [0.25, 0.3) is 10.0 Å². The lowest BCUT2D eigenvalue weighted by molar-refractivity contribution is -0.121. The molecule has 8 heteroatoms. The Morgan fingerprint density at radius 2 is 1.94 bits per heavy atom. The molecule has 1 saturated carbocycles. The van der Waals surface area contributed by atoms with E-state index in [0.29, 0.717) is 41.6 Å². The monoisotopic (exact) mass is 439 g/mol. The highest BCUT2D eigenvalue weighted by Crippen LogP contribution is 2.51. The Labute approximate surface area is 181 Å². The van der Waals surface area contributed by atoms with Crippen molar-refractivity contribution in [2.75, 3.05) is 0 Å². The van der Waals surface area contributed by atoms with Gasteiger partial charge >= 0.3 is 0 Å². The maximum atomic E-state index is 13.3. The van der Waals surface area contributed by atoms with Gasteiger partial charge in [-0.3, -0.25) is 14.8 Å². The maximum absolute atomic E-state index is 13.3. The van der Waals surface area contributed by atoms with E-state index in [2.05, 4.69) is 14.7 Å². The first-order valence-corrected chi connectivity index (χ1v) is 11.8. The Morgan fingerprint density at radius 1 is 1.16 bits per heavy atom. The van der Waals surface area contributed by atoms with Crippen molar-refractivity contribution in [1.82, 2.24) is 14.7 Å². The van der Waals surface area contributed by atoms with Gasteiger partial charge in [-0.05, 0) is 69.5 Å². The number of fused-ring (bicyclic) bond motifs is 1. The van der Waals surface area contributed by atoms with Crippen LogP contribution in [0.5, 0.6) is 5.75 Å². The molecule has 0 saturated heterocycles. The smallest absolute Gasteiger partial charge is 0.264 e. The molecule has 7 nitrogen and oxygen atoms in total. The SMILES string of the molecule is CCc1ccc(OC(C)C)c(C2(C(=O)NS(=O)(=O)c3cccc4ncccc34)CC2)n1. The second kappa shape index (κ2) is 7.92. The molecule has 31 heavy (non-hydrogen) atoms. The fourth-order valence-corrected chi connectivity index (χ4v) is 4.93. The van der Waals surface area contributed by atoms with E-state index in [1.807, 2.05) is 32.9 Å². The highest BCUT2D eigenvalue weighted by atomic mass is 32.2. The summed E-state index contributed by atoms with van der Waals surface area (Å²) in [6.07, 6.45) is 3.23. The summed E-state index contributed by atoms with van der Waals surface area (Å²) < 4.78 is 34.5. The lowest BCUT2D eigenvalue weighted by atomic mass is 9.99. The third-order valence-corrected chi connectivity index (χ3v) is 6.79. The number of pyridine rings is 2. The summed E-state index contributed by atoms with van der Waals surface area (Å²) in [5, 5.41) is 0.463. The van der Waals surface area contributed by atoms with E-state index >= 15 is 0 Å². The molecule has 1 N–H and O–H groups in total. The molecule has 0 unspecified atom stereocenters. The Kier molecular flexibility index (Phi) is 5.43. The van der Waals surface area contributed by atoms with E-state index in [1.54, 1.807) is 30.5 Å². The molecule has 0 spiro atoms. The number of carbonyl (C=O) groups is 1. The molecule has 1 amide bonds. The van der Waals surface area contributed by atoms with Crippen molar-refractivity contribution >= 4 is 26.8 Å². The lowest BCUT2D eigenvalue weighted by Crippen LogP contribution is -2.39. The number of rotatable bonds is 7. The summed E-state index contributed by atoms with van der Waals surface area (Å²) in [6.45, 7) is 5.78. The molecule has 0 aliphatic heterocycles. The minimum Gasteiger partial charge on any atom is -0.489 e. The number of amides is 1. The molecular formula is C23H25N3O4S. The summed E-state index contributed by atoms with van der Waals surface area (Å²) >= 11 is 0. The van der Waals surface area contributed by atoms with Crippen LogP contribution >= 0.6 is 0 Å². The zero-order valence-electron chi connectivity index (χ0n) is 17.8. The fourth-order valence-electron chi connectivity index (χ4n) is 3.66. The molecule has 1 fully saturated rings. The van der Waals surface area contributed by atoms with Crippen LogP contribution in [-0.4, -0.2) is 30.4 Å². The highest BCUT2D eigenvalue weighted by molar-refractivity contribution is 7.90. The second-order valence-corrected chi connectivity index (χ2v) is 9.66. The standard InChI is InChI=1S/C23H25N3O4S/c1-4-16-10-11-19(30-15(2)3)21(25-16)23(12-13-23)22(27)26-31(28,29)20-9-5-8-18-17(20)7-6-14-24-18/h5-11,14-15H,4,12-13H2,1-3H3,(H,26,27). The summed E-state index contributed by atoms with van der Waals surface area (Å²) in [4.78, 5) is 22.2. The van der Waals surface area contributed by atoms with E-state index in [4.69, 9.17) is 4.74 Å². The van der Waals surface area contributed by atoms with Crippen LogP contribution in [-0.2, 0) is 26.7 Å². The first-order valence-electron chi connectivity index (χ1n) is 10.3. The van der Waals surface area contributed by atoms with Crippen LogP contribution in [0.1, 0.15) is 45.0 Å². The third kappa shape index (κ3) is 3.99. The molecule has 1 aliphatic rings. The van der Waals surface area contributed by atoms with E-state index in [-0.39, 0.29) is 11.0 Å². The van der Waals surface area contributed by atoms with Crippen molar-refractivity contribution in [3.63, 3.8) is 0 Å². The number of benzene rings is 1. The Morgan fingerprint density at radius 3 is 2.61 bits per heavy atom. The van der Waals surface area contributed by atoms with E-state index in [0.717, 1.165) is 5.69 Å². The zero-order chi connectivity index (χ0) is 22.2. The summed E-state index contributed by atoms with van der Waals surface area (Å²) in [5.74, 6) is -0.0608. The molecule has 0 bridgehead atoms. The van der Waals surface area contributed by atoms with Crippen LogP contribution in [0.4, 0.5) is 0 Å². The number of nitrogens with one attached hydrogen (secondary N) is 1. The van der Waals surface area contributed by atoms with Crippen molar-refractivity contribution in [2.24, 2.45) is 0 Å². The Hall–Kier alpha value is -3.00. The van der Waals surface area contributed by atoms with Gasteiger partial charge in [0, 0.05) is 17.3 Å². The predicted octanol–water partition coefficient (Wildman–Crippen LogP) is 3.52. The Bertz CT molecular complexity index is 1250. The van der Waals surface area contributed by atoms with Crippen LogP contribution in [0, 0.1) is 0 Å². The van der Waals surface area contributed by atoms with Gasteiger partial charge in [0.1, 0.15) is 5.75 Å². The van der Waals surface area contributed by atoms with Crippen molar-refractivity contribution in [3.8, 4) is 5.75 Å². The van der Waals surface area contributed by atoms with Crippen molar-refractivity contribution in [1.29, 1.82) is 0 Å². The van der Waals surface area contributed by atoms with E-state index < -0.39 is 21.3 Å². The average molecular weight is 440 g/mol. The first-order chi connectivity index (χ1) is 14.8. The van der Waals surface area contributed by atoms with Gasteiger partial charge in [0.05, 0.1) is 27.6 Å². The van der Waals surface area contributed by atoms with Gasteiger partial charge in [-0.2, -0.15) is 0 Å². The second-order valence-electron chi connectivity index (χ2n) is 8.01. The number of hydrogen-bond donors (Lipinski definition) is 1. The number of aryl methyl sites for hydroxylation is 1. The molecule has 3 aromatic rings. The molecule has 0 atom stereocenters. The van der Waals surface area contributed by atoms with E-state index in [1.165, 1.54) is 6.07 Å². The minimum atomic E-state index is -4.10. The minimum absolute atomic E-state index is 0.0242. The maximum Gasteiger partial charge on any atom is 0.264 e.